The summed E-state index contributed by atoms with van der Waals surface area (Å²) in [5.41, 5.74) is 2.14. The van der Waals surface area contributed by atoms with Crippen LogP contribution in [0.2, 0.25) is 0 Å². The molecule has 0 saturated heterocycles. The summed E-state index contributed by atoms with van der Waals surface area (Å²) in [6.45, 7) is 5.10. The van der Waals surface area contributed by atoms with E-state index < -0.39 is 0 Å². The van der Waals surface area contributed by atoms with Gasteiger partial charge in [-0.15, -0.1) is 0 Å². The highest BCUT2D eigenvalue weighted by molar-refractivity contribution is 5.87. The molecule has 1 N–H and O–H groups in total. The zero-order valence-electron chi connectivity index (χ0n) is 13.8. The van der Waals surface area contributed by atoms with Crippen LogP contribution in [0.25, 0.3) is 0 Å². The average molecular weight is 289 g/mol. The molecule has 0 radical (unpaired) electrons. The summed E-state index contributed by atoms with van der Waals surface area (Å²) < 4.78 is 0. The maximum atomic E-state index is 9.25. The standard InChI is InChI=1S/C19H31NO/c1-18-10-8-16-15(17(18)11-14(12-18)20-21)7-6-13-5-3-4-9-19(13,16)2/h13,15-17,21H,3-12H2,1-2H3/b20-14-/t13-,15-,16+,17+,18-,19+/m1/s1. The van der Waals surface area contributed by atoms with Crippen molar-refractivity contribution in [3.63, 3.8) is 0 Å². The van der Waals surface area contributed by atoms with Gasteiger partial charge < -0.3 is 5.21 Å². The van der Waals surface area contributed by atoms with E-state index in [1.165, 1.54) is 51.4 Å². The molecule has 0 aromatic rings. The molecule has 118 valence electrons. The van der Waals surface area contributed by atoms with Crippen LogP contribution in [0.3, 0.4) is 0 Å². The Kier molecular flexibility index (Phi) is 3.17. The highest BCUT2D eigenvalue weighted by Crippen LogP contribution is 2.65. The van der Waals surface area contributed by atoms with Gasteiger partial charge in [0.25, 0.3) is 0 Å². The summed E-state index contributed by atoms with van der Waals surface area (Å²) in [7, 11) is 0. The van der Waals surface area contributed by atoms with Crippen LogP contribution in [-0.2, 0) is 0 Å². The van der Waals surface area contributed by atoms with Crippen molar-refractivity contribution < 1.29 is 5.21 Å². The van der Waals surface area contributed by atoms with Crippen molar-refractivity contribution in [1.29, 1.82) is 0 Å². The molecule has 2 nitrogen and oxygen atoms in total. The Morgan fingerprint density at radius 3 is 2.67 bits per heavy atom. The SMILES string of the molecule is C[C@]12CC[C@H]3[C@@H](CC[C@H]4CCCC[C@@]43C)[C@@H]1C/C(=N/O)C2. The Hall–Kier alpha value is -0.530. The Labute approximate surface area is 129 Å². The smallest absolute Gasteiger partial charge is 0.0579 e. The third-order valence-electron chi connectivity index (χ3n) is 8.31. The highest BCUT2D eigenvalue weighted by atomic mass is 16.4. The van der Waals surface area contributed by atoms with Crippen molar-refractivity contribution in [2.45, 2.75) is 78.1 Å². The van der Waals surface area contributed by atoms with Crippen molar-refractivity contribution in [2.24, 2.45) is 39.7 Å². The number of rotatable bonds is 0. The second-order valence-electron chi connectivity index (χ2n) is 9.14. The van der Waals surface area contributed by atoms with Gasteiger partial charge in [-0.05, 0) is 85.9 Å². The number of nitrogens with zero attached hydrogens (tertiary/aromatic N) is 1. The molecule has 0 aliphatic heterocycles. The summed E-state index contributed by atoms with van der Waals surface area (Å²) in [5.74, 6) is 3.65. The lowest BCUT2D eigenvalue weighted by atomic mass is 9.45. The first kappa shape index (κ1) is 14.1. The molecule has 4 aliphatic rings. The van der Waals surface area contributed by atoms with Crippen LogP contribution in [0.4, 0.5) is 0 Å². The number of oxime groups is 1. The van der Waals surface area contributed by atoms with Gasteiger partial charge in [0.2, 0.25) is 0 Å². The third-order valence-corrected chi connectivity index (χ3v) is 8.31. The third kappa shape index (κ3) is 1.93. The van der Waals surface area contributed by atoms with E-state index in [9.17, 15) is 5.21 Å². The lowest BCUT2D eigenvalue weighted by molar-refractivity contribution is -0.103. The zero-order chi connectivity index (χ0) is 14.7. The van der Waals surface area contributed by atoms with E-state index in [0.717, 1.165) is 42.2 Å². The number of hydrogen-bond acceptors (Lipinski definition) is 2. The normalized spacial score (nSPS) is 54.9. The minimum absolute atomic E-state index is 0.431. The summed E-state index contributed by atoms with van der Waals surface area (Å²) in [4.78, 5) is 0. The van der Waals surface area contributed by atoms with Gasteiger partial charge in [0.05, 0.1) is 5.71 Å². The van der Waals surface area contributed by atoms with Crippen molar-refractivity contribution in [3.8, 4) is 0 Å². The molecule has 0 bridgehead atoms. The van der Waals surface area contributed by atoms with Crippen molar-refractivity contribution in [3.05, 3.63) is 0 Å². The molecule has 0 amide bonds. The predicted octanol–water partition coefficient (Wildman–Crippen LogP) is 5.25. The fourth-order valence-electron chi connectivity index (χ4n) is 7.18. The molecule has 2 heteroatoms. The van der Waals surface area contributed by atoms with Crippen LogP contribution < -0.4 is 0 Å². The highest BCUT2D eigenvalue weighted by Gasteiger charge is 2.58. The predicted molar refractivity (Wildman–Crippen MR) is 85.6 cm³/mol. The van der Waals surface area contributed by atoms with E-state index in [2.05, 4.69) is 19.0 Å². The molecule has 0 aromatic heterocycles. The molecule has 4 rings (SSSR count). The van der Waals surface area contributed by atoms with Crippen LogP contribution >= 0.6 is 0 Å². The fourth-order valence-corrected chi connectivity index (χ4v) is 7.18. The van der Waals surface area contributed by atoms with E-state index in [1.807, 2.05) is 0 Å². The molecular weight excluding hydrogens is 258 g/mol. The lowest BCUT2D eigenvalue weighted by Crippen LogP contribution is -2.51. The van der Waals surface area contributed by atoms with Gasteiger partial charge >= 0.3 is 0 Å². The van der Waals surface area contributed by atoms with Crippen molar-refractivity contribution in [2.75, 3.05) is 0 Å². The number of fused-ring (bicyclic) bond motifs is 5. The van der Waals surface area contributed by atoms with E-state index in [-0.39, 0.29) is 0 Å². The maximum absolute atomic E-state index is 9.25. The fraction of sp³-hybridized carbons (Fsp3) is 0.947. The second-order valence-corrected chi connectivity index (χ2v) is 9.14. The van der Waals surface area contributed by atoms with Crippen LogP contribution in [0.5, 0.6) is 0 Å². The van der Waals surface area contributed by atoms with E-state index in [4.69, 9.17) is 0 Å². The molecule has 0 unspecified atom stereocenters. The maximum Gasteiger partial charge on any atom is 0.0579 e. The topological polar surface area (TPSA) is 32.6 Å². The molecule has 4 fully saturated rings. The molecule has 0 aromatic carbocycles. The van der Waals surface area contributed by atoms with Crippen molar-refractivity contribution >= 4 is 5.71 Å². The minimum atomic E-state index is 0.431. The van der Waals surface area contributed by atoms with Gasteiger partial charge in [-0.1, -0.05) is 31.8 Å². The Balaban J connectivity index is 1.64. The minimum Gasteiger partial charge on any atom is -0.411 e. The molecule has 4 aliphatic carbocycles. The summed E-state index contributed by atoms with van der Waals surface area (Å²) in [6.07, 6.45) is 13.7. The van der Waals surface area contributed by atoms with Gasteiger partial charge in [-0.3, -0.25) is 0 Å². The first-order valence-corrected chi connectivity index (χ1v) is 9.27. The molecule has 0 heterocycles. The number of hydrogen-bond donors (Lipinski definition) is 1. The molecule has 6 atom stereocenters. The van der Waals surface area contributed by atoms with Gasteiger partial charge in [0.15, 0.2) is 0 Å². The van der Waals surface area contributed by atoms with Crippen LogP contribution in [0.1, 0.15) is 78.1 Å². The van der Waals surface area contributed by atoms with Crippen LogP contribution in [0, 0.1) is 34.5 Å². The summed E-state index contributed by atoms with van der Waals surface area (Å²) in [6, 6.07) is 0. The second kappa shape index (κ2) is 4.73. The monoisotopic (exact) mass is 289 g/mol. The Morgan fingerprint density at radius 2 is 1.86 bits per heavy atom. The van der Waals surface area contributed by atoms with Gasteiger partial charge in [-0.25, -0.2) is 0 Å². The molecular formula is C19H31NO. The lowest BCUT2D eigenvalue weighted by Gasteiger charge is -2.59. The molecule has 4 saturated carbocycles. The molecule has 0 spiro atoms. The van der Waals surface area contributed by atoms with Gasteiger partial charge in [-0.2, -0.15) is 0 Å². The van der Waals surface area contributed by atoms with Crippen LogP contribution in [0.15, 0.2) is 5.16 Å². The van der Waals surface area contributed by atoms with Gasteiger partial charge in [0.1, 0.15) is 0 Å². The Morgan fingerprint density at radius 1 is 1.00 bits per heavy atom. The first-order chi connectivity index (χ1) is 10.1. The molecule has 21 heavy (non-hydrogen) atoms. The van der Waals surface area contributed by atoms with Crippen molar-refractivity contribution in [1.82, 2.24) is 0 Å². The van der Waals surface area contributed by atoms with E-state index in [0.29, 0.717) is 10.8 Å². The zero-order valence-corrected chi connectivity index (χ0v) is 13.8. The largest absolute Gasteiger partial charge is 0.411 e. The Bertz CT molecular complexity index is 458. The van der Waals surface area contributed by atoms with Gasteiger partial charge in [0, 0.05) is 0 Å². The quantitative estimate of drug-likeness (QED) is 0.479. The first-order valence-electron chi connectivity index (χ1n) is 9.27. The summed E-state index contributed by atoms with van der Waals surface area (Å²) >= 11 is 0. The summed E-state index contributed by atoms with van der Waals surface area (Å²) in [5, 5.41) is 12.9. The average Bonchev–Trinajstić information content (AvgIpc) is 2.83. The van der Waals surface area contributed by atoms with Crippen LogP contribution in [-0.4, -0.2) is 10.9 Å². The van der Waals surface area contributed by atoms with E-state index in [1.54, 1.807) is 0 Å². The van der Waals surface area contributed by atoms with E-state index >= 15 is 0 Å².